The number of carbonyl (C=O) groups excluding carboxylic acids is 2. The Morgan fingerprint density at radius 2 is 1.85 bits per heavy atom. The average molecular weight is 449 g/mol. The topological polar surface area (TPSA) is 72.2 Å². The molecule has 1 saturated heterocycles. The summed E-state index contributed by atoms with van der Waals surface area (Å²) < 4.78 is 16.8. The first-order valence-corrected chi connectivity index (χ1v) is 11.0. The van der Waals surface area contributed by atoms with Crippen LogP contribution in [0.4, 0.5) is 0 Å². The number of hydrogen-bond donors (Lipinski definition) is 0. The summed E-state index contributed by atoms with van der Waals surface area (Å²) in [5, 5.41) is 0. The SMILES string of the molecule is COc1cccc(CO[C@@H]2CN(CCc3ccccc3)C(=O)CN(C(=O)c3ccco3)C2)c1. The molecular formula is C26H28N2O5. The zero-order chi connectivity index (χ0) is 23.0. The van der Waals surface area contributed by atoms with E-state index in [2.05, 4.69) is 0 Å². The van der Waals surface area contributed by atoms with Gasteiger partial charge < -0.3 is 23.7 Å². The number of amides is 2. The first-order valence-electron chi connectivity index (χ1n) is 11.0. The van der Waals surface area contributed by atoms with Crippen LogP contribution < -0.4 is 4.74 Å². The molecule has 33 heavy (non-hydrogen) atoms. The molecule has 7 nitrogen and oxygen atoms in total. The Morgan fingerprint density at radius 1 is 1.03 bits per heavy atom. The quantitative estimate of drug-likeness (QED) is 0.528. The zero-order valence-corrected chi connectivity index (χ0v) is 18.7. The number of hydrogen-bond acceptors (Lipinski definition) is 5. The van der Waals surface area contributed by atoms with Gasteiger partial charge in [-0.2, -0.15) is 0 Å². The van der Waals surface area contributed by atoms with Crippen LogP contribution in [0.25, 0.3) is 0 Å². The van der Waals surface area contributed by atoms with E-state index in [1.807, 2.05) is 54.6 Å². The van der Waals surface area contributed by atoms with E-state index in [4.69, 9.17) is 13.9 Å². The van der Waals surface area contributed by atoms with Crippen LogP contribution in [0.5, 0.6) is 5.75 Å². The van der Waals surface area contributed by atoms with Gasteiger partial charge in [0.2, 0.25) is 5.91 Å². The van der Waals surface area contributed by atoms with E-state index in [1.54, 1.807) is 24.1 Å². The zero-order valence-electron chi connectivity index (χ0n) is 18.7. The van der Waals surface area contributed by atoms with Gasteiger partial charge in [-0.1, -0.05) is 42.5 Å². The van der Waals surface area contributed by atoms with Crippen LogP contribution in [-0.2, 0) is 22.6 Å². The second kappa shape index (κ2) is 10.8. The third-order valence-corrected chi connectivity index (χ3v) is 5.68. The maximum absolute atomic E-state index is 13.1. The number of carbonyl (C=O) groups is 2. The predicted octanol–water partition coefficient (Wildman–Crippen LogP) is 3.40. The van der Waals surface area contributed by atoms with Crippen molar-refractivity contribution in [2.45, 2.75) is 19.1 Å². The third-order valence-electron chi connectivity index (χ3n) is 5.68. The molecule has 1 aromatic heterocycles. The fourth-order valence-corrected chi connectivity index (χ4v) is 3.90. The summed E-state index contributed by atoms with van der Waals surface area (Å²) in [6.07, 6.45) is 1.86. The van der Waals surface area contributed by atoms with Crippen molar-refractivity contribution in [1.29, 1.82) is 0 Å². The van der Waals surface area contributed by atoms with E-state index in [-0.39, 0.29) is 30.2 Å². The minimum absolute atomic E-state index is 0.00660. The first-order chi connectivity index (χ1) is 16.1. The second-order valence-corrected chi connectivity index (χ2v) is 8.02. The molecule has 1 aliphatic heterocycles. The Kier molecular flexibility index (Phi) is 7.42. The number of ether oxygens (including phenoxy) is 2. The summed E-state index contributed by atoms with van der Waals surface area (Å²) in [4.78, 5) is 29.3. The smallest absolute Gasteiger partial charge is 0.290 e. The summed E-state index contributed by atoms with van der Waals surface area (Å²) in [5.74, 6) is 0.560. The summed E-state index contributed by atoms with van der Waals surface area (Å²) >= 11 is 0. The lowest BCUT2D eigenvalue weighted by atomic mass is 10.1. The normalized spacial score (nSPS) is 16.5. The molecule has 1 aliphatic rings. The van der Waals surface area contributed by atoms with Gasteiger partial charge >= 0.3 is 0 Å². The van der Waals surface area contributed by atoms with Crippen molar-refractivity contribution in [1.82, 2.24) is 9.80 Å². The monoisotopic (exact) mass is 448 g/mol. The third kappa shape index (κ3) is 6.02. The van der Waals surface area contributed by atoms with E-state index in [0.29, 0.717) is 26.2 Å². The number of benzene rings is 2. The Morgan fingerprint density at radius 3 is 2.61 bits per heavy atom. The van der Waals surface area contributed by atoms with Gasteiger partial charge in [-0.25, -0.2) is 0 Å². The molecule has 4 rings (SSSR count). The number of nitrogens with zero attached hydrogens (tertiary/aromatic N) is 2. The van der Waals surface area contributed by atoms with Crippen molar-refractivity contribution < 1.29 is 23.5 Å². The van der Waals surface area contributed by atoms with E-state index < -0.39 is 0 Å². The first kappa shape index (κ1) is 22.6. The van der Waals surface area contributed by atoms with E-state index in [0.717, 1.165) is 23.3 Å². The fourth-order valence-electron chi connectivity index (χ4n) is 3.90. The number of methoxy groups -OCH3 is 1. The van der Waals surface area contributed by atoms with Crippen molar-refractivity contribution in [2.75, 3.05) is 33.3 Å². The highest BCUT2D eigenvalue weighted by Gasteiger charge is 2.32. The van der Waals surface area contributed by atoms with Gasteiger partial charge in [-0.3, -0.25) is 9.59 Å². The van der Waals surface area contributed by atoms with Crippen LogP contribution in [0.1, 0.15) is 21.7 Å². The molecule has 0 unspecified atom stereocenters. The molecule has 2 aromatic carbocycles. The van der Waals surface area contributed by atoms with Crippen LogP contribution in [0.2, 0.25) is 0 Å². The fraction of sp³-hybridized carbons (Fsp3) is 0.308. The Balaban J connectivity index is 1.48. The van der Waals surface area contributed by atoms with Crippen LogP contribution in [-0.4, -0.2) is 61.0 Å². The molecule has 0 saturated carbocycles. The molecule has 1 fully saturated rings. The molecule has 1 atom stereocenters. The van der Waals surface area contributed by atoms with Gasteiger partial charge in [0.15, 0.2) is 5.76 Å². The molecule has 2 heterocycles. The van der Waals surface area contributed by atoms with Crippen molar-refractivity contribution in [2.24, 2.45) is 0 Å². The second-order valence-electron chi connectivity index (χ2n) is 8.02. The maximum atomic E-state index is 13.1. The predicted molar refractivity (Wildman–Crippen MR) is 123 cm³/mol. The largest absolute Gasteiger partial charge is 0.497 e. The number of furan rings is 1. The molecule has 7 heteroatoms. The van der Waals surface area contributed by atoms with Crippen molar-refractivity contribution in [3.05, 3.63) is 89.9 Å². The van der Waals surface area contributed by atoms with Crippen LogP contribution in [0, 0.1) is 0 Å². The highest BCUT2D eigenvalue weighted by atomic mass is 16.5. The highest BCUT2D eigenvalue weighted by Crippen LogP contribution is 2.17. The van der Waals surface area contributed by atoms with Gasteiger partial charge in [-0.05, 0) is 41.8 Å². The van der Waals surface area contributed by atoms with Crippen molar-refractivity contribution in [3.63, 3.8) is 0 Å². The maximum Gasteiger partial charge on any atom is 0.290 e. The molecule has 172 valence electrons. The minimum Gasteiger partial charge on any atom is -0.497 e. The number of rotatable bonds is 8. The molecule has 3 aromatic rings. The van der Waals surface area contributed by atoms with E-state index in [1.165, 1.54) is 11.2 Å². The summed E-state index contributed by atoms with van der Waals surface area (Å²) in [6.45, 7) is 1.62. The van der Waals surface area contributed by atoms with Crippen LogP contribution in [0.15, 0.2) is 77.4 Å². The highest BCUT2D eigenvalue weighted by molar-refractivity contribution is 5.94. The molecule has 0 aliphatic carbocycles. The summed E-state index contributed by atoms with van der Waals surface area (Å²) in [5.41, 5.74) is 2.12. The average Bonchev–Trinajstić information content (AvgIpc) is 3.34. The van der Waals surface area contributed by atoms with Gasteiger partial charge in [0.25, 0.3) is 5.91 Å². The molecule has 2 amide bonds. The minimum atomic E-state index is -0.336. The lowest BCUT2D eigenvalue weighted by molar-refractivity contribution is -0.131. The summed E-state index contributed by atoms with van der Waals surface area (Å²) in [7, 11) is 1.62. The van der Waals surface area contributed by atoms with Crippen LogP contribution >= 0.6 is 0 Å². The van der Waals surface area contributed by atoms with Crippen molar-refractivity contribution >= 4 is 11.8 Å². The lowest BCUT2D eigenvalue weighted by Crippen LogP contribution is -2.40. The Hall–Kier alpha value is -3.58. The van der Waals surface area contributed by atoms with Gasteiger partial charge in [0.1, 0.15) is 12.3 Å². The molecule has 0 spiro atoms. The van der Waals surface area contributed by atoms with Crippen LogP contribution in [0.3, 0.4) is 0 Å². The molecule has 0 radical (unpaired) electrons. The molecular weight excluding hydrogens is 420 g/mol. The Bertz CT molecular complexity index is 1050. The van der Waals surface area contributed by atoms with Gasteiger partial charge in [0.05, 0.1) is 26.1 Å². The lowest BCUT2D eigenvalue weighted by Gasteiger charge is -2.25. The van der Waals surface area contributed by atoms with E-state index >= 15 is 0 Å². The van der Waals surface area contributed by atoms with Crippen molar-refractivity contribution in [3.8, 4) is 5.75 Å². The summed E-state index contributed by atoms with van der Waals surface area (Å²) in [6, 6.07) is 21.0. The van der Waals surface area contributed by atoms with E-state index in [9.17, 15) is 9.59 Å². The standard InChI is InChI=1S/C26H28N2O5/c1-31-22-10-5-9-21(15-22)19-33-23-16-27(13-12-20-7-3-2-4-8-20)25(29)18-28(17-23)26(30)24-11-6-14-32-24/h2-11,14-15,23H,12-13,16-19H2,1H3/t23-/m1/s1. The van der Waals surface area contributed by atoms with Gasteiger partial charge in [-0.15, -0.1) is 0 Å². The molecule has 0 N–H and O–H groups in total. The Labute approximate surface area is 193 Å². The van der Waals surface area contributed by atoms with Gasteiger partial charge in [0, 0.05) is 19.6 Å². The molecule has 0 bridgehead atoms.